The summed E-state index contributed by atoms with van der Waals surface area (Å²) in [6.45, 7) is 6.13. The van der Waals surface area contributed by atoms with E-state index in [0.717, 1.165) is 69.0 Å². The van der Waals surface area contributed by atoms with Gasteiger partial charge in [0.1, 0.15) is 0 Å². The molecule has 2 N–H and O–H groups in total. The lowest BCUT2D eigenvalue weighted by molar-refractivity contribution is -0.0533. The number of carboxylic acids is 1. The van der Waals surface area contributed by atoms with Gasteiger partial charge in [0.2, 0.25) is 0 Å². The highest BCUT2D eigenvalue weighted by molar-refractivity contribution is 5.91. The van der Waals surface area contributed by atoms with Crippen LogP contribution in [0, 0.1) is 6.92 Å². The van der Waals surface area contributed by atoms with Gasteiger partial charge in [-0.25, -0.2) is 9.59 Å². The molecule has 0 saturated heterocycles. The Morgan fingerprint density at radius 1 is 1.09 bits per heavy atom. The minimum Gasteiger partial charge on any atom is -0.478 e. The highest BCUT2D eigenvalue weighted by Crippen LogP contribution is 2.27. The SMILES string of the molecule is CCCCNC(=O)N(CCOC1CCCC(OCc2cccc(C)c2C(=O)O)C1)C1CCCC1. The molecule has 0 radical (unpaired) electrons. The number of unbranched alkanes of at least 4 members (excludes halogenated alkanes) is 1. The Kier molecular flexibility index (Phi) is 10.7. The van der Waals surface area contributed by atoms with Gasteiger partial charge < -0.3 is 24.8 Å². The molecule has 0 bridgehead atoms. The Morgan fingerprint density at radius 2 is 1.82 bits per heavy atom. The molecule has 2 amide bonds. The maximum absolute atomic E-state index is 12.8. The molecule has 3 rings (SSSR count). The Morgan fingerprint density at radius 3 is 2.53 bits per heavy atom. The van der Waals surface area contributed by atoms with Crippen LogP contribution in [-0.4, -0.2) is 60.0 Å². The van der Waals surface area contributed by atoms with E-state index in [1.807, 2.05) is 30.0 Å². The fraction of sp³-hybridized carbons (Fsp3) is 0.704. The minimum absolute atomic E-state index is 0.0428. The lowest BCUT2D eigenvalue weighted by Gasteiger charge is -2.32. The normalized spacial score (nSPS) is 20.9. The largest absolute Gasteiger partial charge is 0.478 e. The van der Waals surface area contributed by atoms with Crippen LogP contribution in [0.15, 0.2) is 18.2 Å². The number of carbonyl (C=O) groups excluding carboxylic acids is 1. The number of ether oxygens (including phenoxy) is 2. The van der Waals surface area contributed by atoms with Crippen molar-refractivity contribution in [1.82, 2.24) is 10.2 Å². The average molecular weight is 475 g/mol. The van der Waals surface area contributed by atoms with Crippen LogP contribution in [0.4, 0.5) is 4.79 Å². The second-order valence-corrected chi connectivity index (χ2v) is 9.72. The van der Waals surface area contributed by atoms with Gasteiger partial charge >= 0.3 is 12.0 Å². The summed E-state index contributed by atoms with van der Waals surface area (Å²) >= 11 is 0. The highest BCUT2D eigenvalue weighted by atomic mass is 16.5. The van der Waals surface area contributed by atoms with Crippen LogP contribution in [0.5, 0.6) is 0 Å². The topological polar surface area (TPSA) is 88.1 Å². The predicted molar refractivity (Wildman–Crippen MR) is 132 cm³/mol. The number of hydrogen-bond acceptors (Lipinski definition) is 4. The third kappa shape index (κ3) is 7.70. The molecule has 2 atom stereocenters. The molecule has 34 heavy (non-hydrogen) atoms. The van der Waals surface area contributed by atoms with Crippen molar-refractivity contribution in [1.29, 1.82) is 0 Å². The molecular formula is C27H42N2O5. The number of amides is 2. The van der Waals surface area contributed by atoms with Crippen LogP contribution in [0.1, 0.15) is 92.6 Å². The number of urea groups is 1. The first-order valence-electron chi connectivity index (χ1n) is 13.1. The smallest absolute Gasteiger partial charge is 0.336 e. The zero-order chi connectivity index (χ0) is 24.3. The number of nitrogens with zero attached hydrogens (tertiary/aromatic N) is 1. The van der Waals surface area contributed by atoms with E-state index in [0.29, 0.717) is 31.4 Å². The van der Waals surface area contributed by atoms with Crippen molar-refractivity contribution in [2.75, 3.05) is 19.7 Å². The van der Waals surface area contributed by atoms with Crippen molar-refractivity contribution in [3.05, 3.63) is 34.9 Å². The van der Waals surface area contributed by atoms with Crippen molar-refractivity contribution in [2.24, 2.45) is 0 Å². The lowest BCUT2D eigenvalue weighted by Crippen LogP contribution is -2.47. The minimum atomic E-state index is -0.910. The summed E-state index contributed by atoms with van der Waals surface area (Å²) in [5.41, 5.74) is 1.82. The van der Waals surface area contributed by atoms with Crippen molar-refractivity contribution in [3.63, 3.8) is 0 Å². The number of aromatic carboxylic acids is 1. The Balaban J connectivity index is 1.46. The highest BCUT2D eigenvalue weighted by Gasteiger charge is 2.28. The molecular weight excluding hydrogens is 432 g/mol. The third-order valence-corrected chi connectivity index (χ3v) is 7.14. The summed E-state index contributed by atoms with van der Waals surface area (Å²) in [6, 6.07) is 5.89. The summed E-state index contributed by atoms with van der Waals surface area (Å²) in [5.74, 6) is -0.910. The average Bonchev–Trinajstić information content (AvgIpc) is 3.35. The van der Waals surface area contributed by atoms with Crippen LogP contribution in [-0.2, 0) is 16.1 Å². The first-order valence-corrected chi connectivity index (χ1v) is 13.1. The molecule has 0 aliphatic heterocycles. The van der Waals surface area contributed by atoms with Gasteiger partial charge in [-0.1, -0.05) is 44.4 Å². The Labute approximate surface area is 204 Å². The van der Waals surface area contributed by atoms with Gasteiger partial charge in [-0.05, 0) is 63.0 Å². The second kappa shape index (κ2) is 13.7. The van der Waals surface area contributed by atoms with Crippen molar-refractivity contribution in [3.8, 4) is 0 Å². The number of nitrogens with one attached hydrogen (secondary N) is 1. The summed E-state index contributed by atoms with van der Waals surface area (Å²) in [7, 11) is 0. The molecule has 1 aromatic rings. The van der Waals surface area contributed by atoms with Crippen LogP contribution in [0.25, 0.3) is 0 Å². The Hall–Kier alpha value is -2.12. The third-order valence-electron chi connectivity index (χ3n) is 7.14. The molecule has 2 fully saturated rings. The van der Waals surface area contributed by atoms with Gasteiger partial charge in [-0.15, -0.1) is 0 Å². The molecule has 190 valence electrons. The maximum Gasteiger partial charge on any atom is 0.336 e. The number of carbonyl (C=O) groups is 2. The maximum atomic E-state index is 12.8. The molecule has 1 aromatic carbocycles. The van der Waals surface area contributed by atoms with Crippen LogP contribution in [0.2, 0.25) is 0 Å². The molecule has 7 heteroatoms. The fourth-order valence-electron chi connectivity index (χ4n) is 5.22. The van der Waals surface area contributed by atoms with E-state index in [1.165, 1.54) is 12.8 Å². The van der Waals surface area contributed by atoms with Gasteiger partial charge in [0.05, 0.1) is 31.0 Å². The Bertz CT molecular complexity index is 793. The van der Waals surface area contributed by atoms with E-state index >= 15 is 0 Å². The molecule has 7 nitrogen and oxygen atoms in total. The molecule has 0 spiro atoms. The van der Waals surface area contributed by atoms with E-state index < -0.39 is 5.97 Å². The first-order chi connectivity index (χ1) is 16.5. The summed E-state index contributed by atoms with van der Waals surface area (Å²) < 4.78 is 12.3. The van der Waals surface area contributed by atoms with Crippen molar-refractivity contribution < 1.29 is 24.2 Å². The predicted octanol–water partition coefficient (Wildman–Crippen LogP) is 5.29. The van der Waals surface area contributed by atoms with E-state index in [1.54, 1.807) is 0 Å². The summed E-state index contributed by atoms with van der Waals surface area (Å²) in [4.78, 5) is 26.4. The summed E-state index contributed by atoms with van der Waals surface area (Å²) in [6.07, 6.45) is 10.6. The number of aryl methyl sites for hydroxylation is 1. The zero-order valence-electron chi connectivity index (χ0n) is 20.9. The zero-order valence-corrected chi connectivity index (χ0v) is 20.9. The quantitative estimate of drug-likeness (QED) is 0.402. The molecule has 0 heterocycles. The summed E-state index contributed by atoms with van der Waals surface area (Å²) in [5, 5.41) is 12.6. The number of benzene rings is 1. The molecule has 2 aliphatic carbocycles. The first kappa shape index (κ1) is 26.5. The van der Waals surface area contributed by atoms with E-state index in [-0.39, 0.29) is 18.2 Å². The number of hydrogen-bond donors (Lipinski definition) is 2. The second-order valence-electron chi connectivity index (χ2n) is 9.72. The van der Waals surface area contributed by atoms with Gasteiger partial charge in [0.25, 0.3) is 0 Å². The van der Waals surface area contributed by atoms with Crippen LogP contribution >= 0.6 is 0 Å². The molecule has 2 unspecified atom stereocenters. The van der Waals surface area contributed by atoms with Crippen molar-refractivity contribution >= 4 is 12.0 Å². The van der Waals surface area contributed by atoms with E-state index in [2.05, 4.69) is 12.2 Å². The van der Waals surface area contributed by atoms with Gasteiger partial charge in [0, 0.05) is 19.1 Å². The number of rotatable bonds is 12. The monoisotopic (exact) mass is 474 g/mol. The molecule has 0 aromatic heterocycles. The molecule has 2 aliphatic rings. The van der Waals surface area contributed by atoms with Crippen LogP contribution in [0.3, 0.4) is 0 Å². The van der Waals surface area contributed by atoms with Crippen LogP contribution < -0.4 is 5.32 Å². The van der Waals surface area contributed by atoms with E-state index in [4.69, 9.17) is 9.47 Å². The molecule has 2 saturated carbocycles. The number of carboxylic acid groups (broad SMARTS) is 1. The fourth-order valence-corrected chi connectivity index (χ4v) is 5.22. The lowest BCUT2D eigenvalue weighted by atomic mass is 9.94. The van der Waals surface area contributed by atoms with E-state index in [9.17, 15) is 14.7 Å². The van der Waals surface area contributed by atoms with Gasteiger partial charge in [0.15, 0.2) is 0 Å². The standard InChI is InChI=1S/C27H42N2O5/c1-3-4-15-28-27(32)29(22-11-5-6-12-22)16-17-33-23-13-8-14-24(18-23)34-19-21-10-7-9-20(2)25(21)26(30)31/h7,9-10,22-24H,3-6,8,11-19H2,1-2H3,(H,28,32)(H,30,31). The van der Waals surface area contributed by atoms with Gasteiger partial charge in [-0.3, -0.25) is 0 Å². The van der Waals surface area contributed by atoms with Crippen molar-refractivity contribution in [2.45, 2.75) is 103 Å². The van der Waals surface area contributed by atoms with Gasteiger partial charge in [-0.2, -0.15) is 0 Å².